The van der Waals surface area contributed by atoms with Crippen LogP contribution in [0.15, 0.2) is 6.20 Å². The molecule has 2 atom stereocenters. The van der Waals surface area contributed by atoms with Crippen LogP contribution < -0.4 is 5.73 Å². The summed E-state index contributed by atoms with van der Waals surface area (Å²) in [6, 6.07) is 0. The normalized spacial score (nSPS) is 15.8. The van der Waals surface area contributed by atoms with Crippen LogP contribution in [0.4, 0.5) is 4.39 Å². The van der Waals surface area contributed by atoms with Crippen molar-refractivity contribution >= 4 is 0 Å². The van der Waals surface area contributed by atoms with E-state index >= 15 is 0 Å². The van der Waals surface area contributed by atoms with Crippen LogP contribution in [0.25, 0.3) is 0 Å². The molecule has 0 aromatic carbocycles. The topological polar surface area (TPSA) is 43.8 Å². The highest BCUT2D eigenvalue weighted by Crippen LogP contribution is 2.27. The van der Waals surface area contributed by atoms with Gasteiger partial charge in [-0.05, 0) is 13.5 Å². The number of halogens is 1. The Hall–Kier alpha value is -0.900. The third-order valence-corrected chi connectivity index (χ3v) is 2.22. The van der Waals surface area contributed by atoms with Gasteiger partial charge in [0.25, 0.3) is 0 Å². The molecule has 0 radical (unpaired) electrons. The molecule has 0 saturated carbocycles. The Morgan fingerprint density at radius 3 is 2.69 bits per heavy atom. The van der Waals surface area contributed by atoms with E-state index in [0.717, 1.165) is 5.69 Å². The van der Waals surface area contributed by atoms with E-state index in [1.165, 1.54) is 0 Å². The second kappa shape index (κ2) is 3.87. The zero-order chi connectivity index (χ0) is 10.0. The van der Waals surface area contributed by atoms with E-state index < -0.39 is 6.17 Å². The van der Waals surface area contributed by atoms with Gasteiger partial charge >= 0.3 is 0 Å². The third kappa shape index (κ3) is 2.06. The van der Waals surface area contributed by atoms with Crippen molar-refractivity contribution in [1.29, 1.82) is 0 Å². The first-order chi connectivity index (χ1) is 6.06. The van der Waals surface area contributed by atoms with E-state index in [1.807, 2.05) is 6.92 Å². The molecule has 0 bridgehead atoms. The average Bonchev–Trinajstić information content (AvgIpc) is 2.42. The first kappa shape index (κ1) is 10.2. The van der Waals surface area contributed by atoms with Crippen LogP contribution in [0.1, 0.15) is 24.4 Å². The Morgan fingerprint density at radius 1 is 1.69 bits per heavy atom. The molecule has 0 saturated heterocycles. The quantitative estimate of drug-likeness (QED) is 0.772. The molecule has 3 nitrogen and oxygen atoms in total. The van der Waals surface area contributed by atoms with E-state index in [-0.39, 0.29) is 5.92 Å². The first-order valence-electron chi connectivity index (χ1n) is 4.40. The third-order valence-electron chi connectivity index (χ3n) is 2.22. The van der Waals surface area contributed by atoms with Gasteiger partial charge in [-0.3, -0.25) is 4.68 Å². The largest absolute Gasteiger partial charge is 0.330 e. The zero-order valence-electron chi connectivity index (χ0n) is 8.29. The minimum absolute atomic E-state index is 0.150. The van der Waals surface area contributed by atoms with Crippen molar-refractivity contribution in [1.82, 2.24) is 9.78 Å². The van der Waals surface area contributed by atoms with E-state index in [0.29, 0.717) is 12.1 Å². The van der Waals surface area contributed by atoms with Gasteiger partial charge in [-0.1, -0.05) is 6.92 Å². The van der Waals surface area contributed by atoms with E-state index in [1.54, 1.807) is 24.9 Å². The molecule has 1 aromatic heterocycles. The Kier molecular flexibility index (Phi) is 3.03. The maximum absolute atomic E-state index is 13.7. The van der Waals surface area contributed by atoms with Crippen LogP contribution in [0.2, 0.25) is 0 Å². The van der Waals surface area contributed by atoms with Gasteiger partial charge in [-0.2, -0.15) is 5.10 Å². The molecular weight excluding hydrogens is 169 g/mol. The lowest BCUT2D eigenvalue weighted by Gasteiger charge is -2.13. The van der Waals surface area contributed by atoms with Gasteiger partial charge in [0, 0.05) is 24.7 Å². The van der Waals surface area contributed by atoms with Gasteiger partial charge in [0.1, 0.15) is 6.17 Å². The van der Waals surface area contributed by atoms with Gasteiger partial charge in [0.15, 0.2) is 0 Å². The summed E-state index contributed by atoms with van der Waals surface area (Å²) in [5.74, 6) is -0.150. The molecule has 0 aliphatic heterocycles. The van der Waals surface area contributed by atoms with E-state index in [9.17, 15) is 4.39 Å². The molecule has 0 aliphatic carbocycles. The summed E-state index contributed by atoms with van der Waals surface area (Å²) in [5, 5.41) is 4.08. The smallest absolute Gasteiger partial charge is 0.132 e. The van der Waals surface area contributed by atoms with Crippen LogP contribution in [-0.4, -0.2) is 16.3 Å². The maximum Gasteiger partial charge on any atom is 0.132 e. The number of alkyl halides is 1. The number of hydrogen-bond acceptors (Lipinski definition) is 2. The molecule has 0 aliphatic rings. The lowest BCUT2D eigenvalue weighted by molar-refractivity contribution is 0.250. The summed E-state index contributed by atoms with van der Waals surface area (Å²) in [4.78, 5) is 0. The summed E-state index contributed by atoms with van der Waals surface area (Å²) in [6.45, 7) is 3.97. The second-order valence-corrected chi connectivity index (χ2v) is 3.46. The summed E-state index contributed by atoms with van der Waals surface area (Å²) in [5.41, 5.74) is 6.80. The Balaban J connectivity index is 2.87. The standard InChI is InChI=1S/C9H16FN3/c1-6(4-11)9(10)8-5-13(3)12-7(8)2/h5-6,9H,4,11H2,1-3H3. The molecule has 2 N–H and O–H groups in total. The van der Waals surface area contributed by atoms with Crippen LogP contribution in [0.3, 0.4) is 0 Å². The Bertz CT molecular complexity index is 282. The Morgan fingerprint density at radius 2 is 2.31 bits per heavy atom. The summed E-state index contributed by atoms with van der Waals surface area (Å²) in [7, 11) is 1.79. The number of aryl methyl sites for hydroxylation is 2. The molecule has 1 aromatic rings. The monoisotopic (exact) mass is 185 g/mol. The molecule has 1 rings (SSSR count). The van der Waals surface area contributed by atoms with Crippen LogP contribution >= 0.6 is 0 Å². The van der Waals surface area contributed by atoms with Gasteiger partial charge in [-0.25, -0.2) is 4.39 Å². The SMILES string of the molecule is Cc1nn(C)cc1C(F)C(C)CN. The fraction of sp³-hybridized carbons (Fsp3) is 0.667. The van der Waals surface area contributed by atoms with Crippen molar-refractivity contribution in [3.05, 3.63) is 17.5 Å². The molecule has 0 spiro atoms. The van der Waals surface area contributed by atoms with Crippen molar-refractivity contribution in [3.63, 3.8) is 0 Å². The van der Waals surface area contributed by atoms with E-state index in [4.69, 9.17) is 5.73 Å². The fourth-order valence-electron chi connectivity index (χ4n) is 1.31. The minimum atomic E-state index is -1.00. The lowest BCUT2D eigenvalue weighted by atomic mass is 10.00. The second-order valence-electron chi connectivity index (χ2n) is 3.46. The summed E-state index contributed by atoms with van der Waals surface area (Å²) < 4.78 is 15.3. The number of nitrogens with zero attached hydrogens (tertiary/aromatic N) is 2. The van der Waals surface area contributed by atoms with Crippen molar-refractivity contribution in [2.24, 2.45) is 18.7 Å². The highest BCUT2D eigenvalue weighted by molar-refractivity contribution is 5.19. The molecule has 4 heteroatoms. The molecule has 1 heterocycles. The van der Waals surface area contributed by atoms with Crippen LogP contribution in [0.5, 0.6) is 0 Å². The maximum atomic E-state index is 13.7. The number of rotatable bonds is 3. The minimum Gasteiger partial charge on any atom is -0.330 e. The zero-order valence-corrected chi connectivity index (χ0v) is 8.29. The summed E-state index contributed by atoms with van der Waals surface area (Å²) in [6.07, 6.45) is 0.713. The highest BCUT2D eigenvalue weighted by atomic mass is 19.1. The predicted molar refractivity (Wildman–Crippen MR) is 50.0 cm³/mol. The molecular formula is C9H16FN3. The molecule has 2 unspecified atom stereocenters. The van der Waals surface area contributed by atoms with Gasteiger partial charge in [0.2, 0.25) is 0 Å². The van der Waals surface area contributed by atoms with Crippen molar-refractivity contribution in [3.8, 4) is 0 Å². The van der Waals surface area contributed by atoms with Crippen LogP contribution in [-0.2, 0) is 7.05 Å². The number of nitrogens with two attached hydrogens (primary N) is 1. The molecule has 0 amide bonds. The van der Waals surface area contributed by atoms with Gasteiger partial charge in [-0.15, -0.1) is 0 Å². The molecule has 0 fully saturated rings. The first-order valence-corrected chi connectivity index (χ1v) is 4.40. The lowest BCUT2D eigenvalue weighted by Crippen LogP contribution is -2.16. The highest BCUT2D eigenvalue weighted by Gasteiger charge is 2.20. The number of aromatic nitrogens is 2. The van der Waals surface area contributed by atoms with Gasteiger partial charge in [0.05, 0.1) is 5.69 Å². The Labute approximate surface area is 77.7 Å². The van der Waals surface area contributed by atoms with Crippen molar-refractivity contribution in [2.75, 3.05) is 6.54 Å². The number of hydrogen-bond donors (Lipinski definition) is 1. The predicted octanol–water partition coefficient (Wildman–Crippen LogP) is 1.33. The van der Waals surface area contributed by atoms with E-state index in [2.05, 4.69) is 5.10 Å². The molecule has 13 heavy (non-hydrogen) atoms. The van der Waals surface area contributed by atoms with Crippen LogP contribution in [0, 0.1) is 12.8 Å². The summed E-state index contributed by atoms with van der Waals surface area (Å²) >= 11 is 0. The fourth-order valence-corrected chi connectivity index (χ4v) is 1.31. The molecule has 74 valence electrons. The average molecular weight is 185 g/mol. The van der Waals surface area contributed by atoms with Crippen molar-refractivity contribution < 1.29 is 4.39 Å². The van der Waals surface area contributed by atoms with Crippen molar-refractivity contribution in [2.45, 2.75) is 20.0 Å². The van der Waals surface area contributed by atoms with Gasteiger partial charge < -0.3 is 5.73 Å².